The zero-order valence-electron chi connectivity index (χ0n) is 26.0. The molecule has 0 unspecified atom stereocenters. The molecule has 5 heterocycles. The molecule has 3 aromatic heterocycles. The van der Waals surface area contributed by atoms with Crippen molar-refractivity contribution in [1.29, 1.82) is 0 Å². The lowest BCUT2D eigenvalue weighted by molar-refractivity contribution is -0.142. The van der Waals surface area contributed by atoms with E-state index < -0.39 is 17.9 Å². The summed E-state index contributed by atoms with van der Waals surface area (Å²) in [6, 6.07) is 0. The number of aliphatic carboxylic acids is 1. The van der Waals surface area contributed by atoms with Gasteiger partial charge in [0.05, 0.1) is 18.2 Å². The molecule has 0 aromatic carbocycles. The molecular weight excluding hydrogens is 556 g/mol. The van der Waals surface area contributed by atoms with Crippen molar-refractivity contribution in [2.45, 2.75) is 60.3 Å². The fraction of sp³-hybridized carbons (Fsp3) is 0.371. The smallest absolute Gasteiger partial charge is 0.321 e. The molecule has 6 rings (SSSR count). The van der Waals surface area contributed by atoms with Crippen LogP contribution >= 0.6 is 0 Å². The van der Waals surface area contributed by atoms with Crippen molar-refractivity contribution >= 4 is 47.2 Å². The van der Waals surface area contributed by atoms with Gasteiger partial charge in [0.15, 0.2) is 5.78 Å². The zero-order valence-corrected chi connectivity index (χ0v) is 26.0. The normalized spacial score (nSPS) is 20.4. The van der Waals surface area contributed by atoms with Crippen LogP contribution in [0.2, 0.25) is 0 Å². The number of Topliss-reactive ketones (excluding diaryl/α,β-unsaturated/α-hetero) is 1. The maximum Gasteiger partial charge on any atom is 0.321 e. The maximum atomic E-state index is 14.0. The minimum Gasteiger partial charge on any atom is -0.481 e. The number of aliphatic imine (C=N–C) groups is 1. The van der Waals surface area contributed by atoms with Crippen LogP contribution in [0.25, 0.3) is 23.8 Å². The average Bonchev–Trinajstić information content (AvgIpc) is 3.72. The number of carbonyl (C=O) groups excluding carboxylic acids is 2. The van der Waals surface area contributed by atoms with E-state index in [1.807, 2.05) is 32.1 Å². The van der Waals surface area contributed by atoms with Gasteiger partial charge < -0.3 is 24.8 Å². The molecule has 0 amide bonds. The summed E-state index contributed by atoms with van der Waals surface area (Å²) in [7, 11) is 1.27. The molecule has 228 valence electrons. The predicted octanol–water partition coefficient (Wildman–Crippen LogP) is 4.28. The number of rotatable bonds is 6. The second kappa shape index (κ2) is 10.8. The van der Waals surface area contributed by atoms with Crippen LogP contribution in [-0.4, -0.2) is 50.6 Å². The first kappa shape index (κ1) is 29.4. The Bertz CT molecular complexity index is 1960. The number of allylic oxidation sites excluding steroid dienone is 1. The maximum absolute atomic E-state index is 14.0. The van der Waals surface area contributed by atoms with Crippen molar-refractivity contribution in [1.82, 2.24) is 15.0 Å². The van der Waals surface area contributed by atoms with E-state index in [4.69, 9.17) is 9.73 Å². The number of methoxy groups -OCH3 is 1. The van der Waals surface area contributed by atoms with Crippen molar-refractivity contribution in [2.24, 2.45) is 22.7 Å². The fourth-order valence-electron chi connectivity index (χ4n) is 7.36. The van der Waals surface area contributed by atoms with Crippen LogP contribution < -0.4 is 10.7 Å². The van der Waals surface area contributed by atoms with E-state index in [2.05, 4.69) is 42.3 Å². The Balaban J connectivity index is 1.73. The highest BCUT2D eigenvalue weighted by Crippen LogP contribution is 2.41. The molecule has 2 aliphatic heterocycles. The second-order valence-corrected chi connectivity index (χ2v) is 12.1. The van der Waals surface area contributed by atoms with E-state index in [1.54, 1.807) is 0 Å². The number of fused-ring (bicyclic) bond motifs is 7. The molecule has 44 heavy (non-hydrogen) atoms. The van der Waals surface area contributed by atoms with Crippen molar-refractivity contribution in [3.05, 3.63) is 79.1 Å². The van der Waals surface area contributed by atoms with Crippen molar-refractivity contribution < 1.29 is 24.2 Å². The predicted molar refractivity (Wildman–Crippen MR) is 170 cm³/mol. The van der Waals surface area contributed by atoms with Gasteiger partial charge in [-0.25, -0.2) is 0 Å². The van der Waals surface area contributed by atoms with Crippen LogP contribution in [0.5, 0.6) is 0 Å². The molecule has 3 atom stereocenters. The lowest BCUT2D eigenvalue weighted by Crippen LogP contribution is -2.31. The van der Waals surface area contributed by atoms with Crippen LogP contribution in [0, 0.1) is 38.5 Å². The topological polar surface area (TPSA) is 140 Å². The highest BCUT2D eigenvalue weighted by Gasteiger charge is 2.47. The van der Waals surface area contributed by atoms with Gasteiger partial charge in [-0.05, 0) is 73.6 Å². The number of H-pyrrole nitrogens is 3. The van der Waals surface area contributed by atoms with Crippen LogP contribution in [-0.2, 0) is 27.2 Å². The average molecular weight is 595 g/mol. The summed E-state index contributed by atoms with van der Waals surface area (Å²) in [6.07, 6.45) is 7.64. The highest BCUT2D eigenvalue weighted by molar-refractivity contribution is 6.35. The third kappa shape index (κ3) is 4.36. The molecule has 0 spiro atoms. The number of ketones is 1. The minimum absolute atomic E-state index is 0.0680. The molecule has 0 fully saturated rings. The number of nitrogens with one attached hydrogen (secondary N) is 3. The number of carboxylic acids is 1. The third-order valence-electron chi connectivity index (χ3n) is 9.83. The van der Waals surface area contributed by atoms with Crippen LogP contribution in [0.15, 0.2) is 17.3 Å². The number of ether oxygens (including phenoxy) is 1. The van der Waals surface area contributed by atoms with Crippen LogP contribution in [0.4, 0.5) is 0 Å². The van der Waals surface area contributed by atoms with E-state index in [9.17, 15) is 19.5 Å². The molecule has 4 N–H and O–H groups in total. The molecule has 3 aromatic rings. The summed E-state index contributed by atoms with van der Waals surface area (Å²) in [6.45, 7) is 14.3. The number of hydrogen-bond acceptors (Lipinski definition) is 5. The largest absolute Gasteiger partial charge is 0.481 e. The Morgan fingerprint density at radius 2 is 1.82 bits per heavy atom. The molecular formula is C35H38N4O5. The van der Waals surface area contributed by atoms with Gasteiger partial charge in [-0.1, -0.05) is 26.5 Å². The van der Waals surface area contributed by atoms with Gasteiger partial charge >= 0.3 is 11.9 Å². The molecule has 1 aliphatic carbocycles. The lowest BCUT2D eigenvalue weighted by atomic mass is 9.81. The minimum atomic E-state index is -1.18. The summed E-state index contributed by atoms with van der Waals surface area (Å²) in [5.41, 5.74) is 11.5. The summed E-state index contributed by atoms with van der Waals surface area (Å²) >= 11 is 0. The Kier molecular flexibility index (Phi) is 7.22. The Morgan fingerprint density at radius 3 is 2.48 bits per heavy atom. The monoisotopic (exact) mass is 594 g/mol. The first-order valence-electron chi connectivity index (χ1n) is 15.1. The molecule has 9 heteroatoms. The molecule has 8 bridgehead atoms. The van der Waals surface area contributed by atoms with Gasteiger partial charge in [-0.2, -0.15) is 0 Å². The standard InChI is InChI=1S/C35H38N4O5/c1-8-19-15(3)22-12-24-17(5)21(10-11-28(40)41)32(38-24)30-31(35(43)44-7)34(42)29-18(6)25(39-33(29)30)14-27-20(9-2)16(4)23(37-27)13-26(19)36-22/h8,12,14,17,21,31,36-37,39H,1,9-11,13H2,2-7H3,(H,40,41)/t17-,21-,31+/m0/s1. The summed E-state index contributed by atoms with van der Waals surface area (Å²) in [4.78, 5) is 54.8. The number of nitrogens with zero attached hydrogens (tertiary/aromatic N) is 1. The van der Waals surface area contributed by atoms with Gasteiger partial charge in [-0.3, -0.25) is 19.4 Å². The van der Waals surface area contributed by atoms with E-state index in [0.717, 1.165) is 56.9 Å². The first-order chi connectivity index (χ1) is 21.0. The van der Waals surface area contributed by atoms with E-state index in [0.29, 0.717) is 35.0 Å². The molecule has 3 aliphatic rings. The second-order valence-electron chi connectivity index (χ2n) is 12.1. The SMILES string of the molecule is C=Cc1c2[nH]c(c1C)C=C1N=C(C3=c4[nH]c(c(C)c4C(=O)[C@@H]3C(=O)OC)=Cc3[nH]c(c(C)c3CC)C2)[C@@H](CCC(=O)O)[C@@H]1C. The Morgan fingerprint density at radius 1 is 1.09 bits per heavy atom. The Hall–Kier alpha value is -4.66. The van der Waals surface area contributed by atoms with Crippen LogP contribution in [0.3, 0.4) is 0 Å². The molecule has 0 saturated carbocycles. The van der Waals surface area contributed by atoms with Gasteiger partial charge in [-0.15, -0.1) is 0 Å². The van der Waals surface area contributed by atoms with E-state index in [-0.39, 0.29) is 24.0 Å². The number of esters is 1. The molecule has 9 nitrogen and oxygen atoms in total. The number of aromatic amines is 3. The molecule has 0 saturated heterocycles. The summed E-state index contributed by atoms with van der Waals surface area (Å²) < 4.78 is 5.14. The van der Waals surface area contributed by atoms with Gasteiger partial charge in [0, 0.05) is 69.6 Å². The number of hydrogen-bond donors (Lipinski definition) is 4. The van der Waals surface area contributed by atoms with Gasteiger partial charge in [0.2, 0.25) is 0 Å². The fourth-order valence-corrected chi connectivity index (χ4v) is 7.36. The van der Waals surface area contributed by atoms with Crippen molar-refractivity contribution in [3.8, 4) is 0 Å². The van der Waals surface area contributed by atoms with E-state index >= 15 is 0 Å². The van der Waals surface area contributed by atoms with Crippen LogP contribution in [0.1, 0.15) is 87.6 Å². The first-order valence-corrected chi connectivity index (χ1v) is 15.1. The third-order valence-corrected chi connectivity index (χ3v) is 9.83. The summed E-state index contributed by atoms with van der Waals surface area (Å²) in [5.74, 6) is -3.56. The lowest BCUT2D eigenvalue weighted by Gasteiger charge is -2.20. The molecule has 0 radical (unpaired) electrons. The number of carboxylic acid groups (broad SMARTS) is 1. The highest BCUT2D eigenvalue weighted by atomic mass is 16.5. The van der Waals surface area contributed by atoms with Gasteiger partial charge in [0.25, 0.3) is 0 Å². The number of carbonyl (C=O) groups is 3. The van der Waals surface area contributed by atoms with Crippen molar-refractivity contribution in [3.63, 3.8) is 0 Å². The Labute approximate surface area is 255 Å². The van der Waals surface area contributed by atoms with Crippen molar-refractivity contribution in [2.75, 3.05) is 7.11 Å². The van der Waals surface area contributed by atoms with E-state index in [1.165, 1.54) is 18.2 Å². The number of aromatic nitrogens is 3. The summed E-state index contributed by atoms with van der Waals surface area (Å²) in [5, 5.41) is 10.9. The van der Waals surface area contributed by atoms with Gasteiger partial charge in [0.1, 0.15) is 5.92 Å². The zero-order chi connectivity index (χ0) is 31.6. The quantitative estimate of drug-likeness (QED) is 0.249.